The molecule has 8 nitrogen and oxygen atoms in total. The number of likely N-dealkylation sites (N-methyl/N-ethyl adjacent to an activating group) is 1. The first kappa shape index (κ1) is 18.2. The molecule has 0 radical (unpaired) electrons. The van der Waals surface area contributed by atoms with Gasteiger partial charge in [0.1, 0.15) is 11.5 Å². The summed E-state index contributed by atoms with van der Waals surface area (Å²) in [6, 6.07) is 11.5. The number of hydrogen-bond acceptors (Lipinski definition) is 5. The van der Waals surface area contributed by atoms with Gasteiger partial charge in [-0.25, -0.2) is 0 Å². The summed E-state index contributed by atoms with van der Waals surface area (Å²) in [7, 11) is 1.66. The van der Waals surface area contributed by atoms with Crippen LogP contribution in [0.1, 0.15) is 17.3 Å². The summed E-state index contributed by atoms with van der Waals surface area (Å²) >= 11 is 0. The predicted molar refractivity (Wildman–Crippen MR) is 99.0 cm³/mol. The van der Waals surface area contributed by atoms with Crippen molar-refractivity contribution in [2.75, 3.05) is 23.9 Å². The lowest BCUT2D eigenvalue weighted by atomic mass is 10.1. The number of nitrogens with two attached hydrogens (primary N) is 1. The van der Waals surface area contributed by atoms with Crippen molar-refractivity contribution in [3.05, 3.63) is 48.0 Å². The van der Waals surface area contributed by atoms with Crippen LogP contribution in [0.2, 0.25) is 0 Å². The second kappa shape index (κ2) is 7.36. The van der Waals surface area contributed by atoms with E-state index in [-0.39, 0.29) is 18.4 Å². The maximum atomic E-state index is 12.5. The molecule has 1 aliphatic rings. The summed E-state index contributed by atoms with van der Waals surface area (Å²) in [6.45, 7) is 1.42. The number of nitrogens with zero attached hydrogens (tertiary/aromatic N) is 1. The van der Waals surface area contributed by atoms with E-state index in [0.29, 0.717) is 28.4 Å². The van der Waals surface area contributed by atoms with Gasteiger partial charge in [-0.2, -0.15) is 0 Å². The van der Waals surface area contributed by atoms with Crippen molar-refractivity contribution in [1.29, 1.82) is 0 Å². The molecule has 27 heavy (non-hydrogen) atoms. The second-order valence-corrected chi connectivity index (χ2v) is 6.08. The zero-order valence-electron chi connectivity index (χ0n) is 14.9. The lowest BCUT2D eigenvalue weighted by molar-refractivity contribution is -0.125. The average molecular weight is 369 g/mol. The standard InChI is InChI=1S/C19H19N3O5/c1-11-19(25)22(2)15-9-13(6-7-16(15)27-11)21-18(24)12-4-3-5-14(8-12)26-10-17(20)23/h3-9,11H,10H2,1-2H3,(H2,20,23)(H,21,24). The first-order valence-corrected chi connectivity index (χ1v) is 8.26. The molecule has 8 heteroatoms. The Morgan fingerprint density at radius 2 is 2.04 bits per heavy atom. The Bertz CT molecular complexity index is 912. The number of primary amides is 1. The maximum absolute atomic E-state index is 12.5. The number of ether oxygens (including phenoxy) is 2. The van der Waals surface area contributed by atoms with Crippen molar-refractivity contribution < 1.29 is 23.9 Å². The summed E-state index contributed by atoms with van der Waals surface area (Å²) in [4.78, 5) is 36.9. The molecule has 3 rings (SSSR count). The van der Waals surface area contributed by atoms with Crippen LogP contribution in [0.4, 0.5) is 11.4 Å². The van der Waals surface area contributed by atoms with Crippen LogP contribution in [0.25, 0.3) is 0 Å². The third-order valence-corrected chi connectivity index (χ3v) is 4.04. The van der Waals surface area contributed by atoms with E-state index in [1.807, 2.05) is 0 Å². The molecule has 1 unspecified atom stereocenters. The Balaban J connectivity index is 1.76. The Morgan fingerprint density at radius 3 is 2.78 bits per heavy atom. The quantitative estimate of drug-likeness (QED) is 0.831. The summed E-state index contributed by atoms with van der Waals surface area (Å²) in [6.07, 6.45) is -0.550. The molecular weight excluding hydrogens is 350 g/mol. The Labute approximate surface area is 155 Å². The topological polar surface area (TPSA) is 111 Å². The number of fused-ring (bicyclic) bond motifs is 1. The minimum absolute atomic E-state index is 0.162. The Kier molecular flexibility index (Phi) is 4.98. The SMILES string of the molecule is CC1Oc2ccc(NC(=O)c3cccc(OCC(N)=O)c3)cc2N(C)C1=O. The number of benzene rings is 2. The summed E-state index contributed by atoms with van der Waals surface area (Å²) in [5, 5.41) is 2.77. The zero-order valence-corrected chi connectivity index (χ0v) is 14.9. The van der Waals surface area contributed by atoms with Gasteiger partial charge in [-0.1, -0.05) is 6.07 Å². The number of rotatable bonds is 5. The zero-order chi connectivity index (χ0) is 19.6. The molecule has 0 aromatic heterocycles. The normalized spacial score (nSPS) is 15.6. The lowest BCUT2D eigenvalue weighted by Gasteiger charge is -2.30. The minimum Gasteiger partial charge on any atom is -0.484 e. The number of amides is 3. The maximum Gasteiger partial charge on any atom is 0.267 e. The van der Waals surface area contributed by atoms with Crippen molar-refractivity contribution in [3.8, 4) is 11.5 Å². The van der Waals surface area contributed by atoms with Gasteiger partial charge >= 0.3 is 0 Å². The van der Waals surface area contributed by atoms with Crippen LogP contribution in [0.5, 0.6) is 11.5 Å². The van der Waals surface area contributed by atoms with E-state index >= 15 is 0 Å². The molecule has 0 spiro atoms. The van der Waals surface area contributed by atoms with Gasteiger partial charge in [-0.15, -0.1) is 0 Å². The molecular formula is C19H19N3O5. The lowest BCUT2D eigenvalue weighted by Crippen LogP contribution is -2.41. The van der Waals surface area contributed by atoms with E-state index in [1.165, 1.54) is 11.0 Å². The van der Waals surface area contributed by atoms with Gasteiger partial charge in [0.2, 0.25) is 0 Å². The first-order valence-electron chi connectivity index (χ1n) is 8.26. The highest BCUT2D eigenvalue weighted by atomic mass is 16.5. The summed E-state index contributed by atoms with van der Waals surface area (Å²) < 4.78 is 10.8. The van der Waals surface area contributed by atoms with Gasteiger partial charge in [0.05, 0.1) is 5.69 Å². The van der Waals surface area contributed by atoms with Gasteiger partial charge in [0, 0.05) is 18.3 Å². The fourth-order valence-corrected chi connectivity index (χ4v) is 2.67. The van der Waals surface area contributed by atoms with Crippen molar-refractivity contribution in [2.45, 2.75) is 13.0 Å². The van der Waals surface area contributed by atoms with Crippen LogP contribution in [0.3, 0.4) is 0 Å². The van der Waals surface area contributed by atoms with Crippen LogP contribution >= 0.6 is 0 Å². The van der Waals surface area contributed by atoms with Crippen LogP contribution in [-0.4, -0.2) is 37.5 Å². The van der Waals surface area contributed by atoms with Gasteiger partial charge in [-0.05, 0) is 43.3 Å². The largest absolute Gasteiger partial charge is 0.484 e. The van der Waals surface area contributed by atoms with Crippen LogP contribution < -0.4 is 25.4 Å². The fourth-order valence-electron chi connectivity index (χ4n) is 2.67. The molecule has 2 aromatic rings. The van der Waals surface area contributed by atoms with Gasteiger partial charge < -0.3 is 25.4 Å². The molecule has 2 aromatic carbocycles. The number of carbonyl (C=O) groups is 3. The highest BCUT2D eigenvalue weighted by Gasteiger charge is 2.29. The number of anilines is 2. The monoisotopic (exact) mass is 369 g/mol. The highest BCUT2D eigenvalue weighted by molar-refractivity contribution is 6.05. The Morgan fingerprint density at radius 1 is 1.26 bits per heavy atom. The van der Waals surface area contributed by atoms with Crippen LogP contribution in [0.15, 0.2) is 42.5 Å². The average Bonchev–Trinajstić information content (AvgIpc) is 2.65. The smallest absolute Gasteiger partial charge is 0.267 e. The van der Waals surface area contributed by atoms with E-state index in [1.54, 1.807) is 50.4 Å². The van der Waals surface area contributed by atoms with Gasteiger partial charge in [0.15, 0.2) is 12.7 Å². The number of hydrogen-bond donors (Lipinski definition) is 2. The second-order valence-electron chi connectivity index (χ2n) is 6.08. The molecule has 0 saturated heterocycles. The molecule has 3 N–H and O–H groups in total. The van der Waals surface area contributed by atoms with E-state index in [4.69, 9.17) is 15.2 Å². The third kappa shape index (κ3) is 4.00. The minimum atomic E-state index is -0.603. The molecule has 140 valence electrons. The Hall–Kier alpha value is -3.55. The fraction of sp³-hybridized carbons (Fsp3) is 0.211. The van der Waals surface area contributed by atoms with Crippen molar-refractivity contribution in [2.24, 2.45) is 5.73 Å². The first-order chi connectivity index (χ1) is 12.8. The molecule has 1 heterocycles. The van der Waals surface area contributed by atoms with Gasteiger partial charge in [0.25, 0.3) is 17.7 Å². The molecule has 1 aliphatic heterocycles. The third-order valence-electron chi connectivity index (χ3n) is 4.04. The molecule has 1 atom stereocenters. The number of nitrogens with one attached hydrogen (secondary N) is 1. The summed E-state index contributed by atoms with van der Waals surface area (Å²) in [5.74, 6) is -0.193. The molecule has 0 aliphatic carbocycles. The van der Waals surface area contributed by atoms with Crippen LogP contribution in [-0.2, 0) is 9.59 Å². The van der Waals surface area contributed by atoms with Crippen LogP contribution in [0, 0.1) is 0 Å². The molecule has 3 amide bonds. The molecule has 0 saturated carbocycles. The van der Waals surface area contributed by atoms with E-state index in [9.17, 15) is 14.4 Å². The molecule has 0 bridgehead atoms. The van der Waals surface area contributed by atoms with Crippen molar-refractivity contribution in [1.82, 2.24) is 0 Å². The van der Waals surface area contributed by atoms with Crippen molar-refractivity contribution >= 4 is 29.1 Å². The van der Waals surface area contributed by atoms with Crippen molar-refractivity contribution in [3.63, 3.8) is 0 Å². The molecule has 0 fully saturated rings. The van der Waals surface area contributed by atoms with E-state index < -0.39 is 12.0 Å². The highest BCUT2D eigenvalue weighted by Crippen LogP contribution is 2.35. The van der Waals surface area contributed by atoms with E-state index in [0.717, 1.165) is 0 Å². The van der Waals surface area contributed by atoms with Gasteiger partial charge in [-0.3, -0.25) is 14.4 Å². The predicted octanol–water partition coefficient (Wildman–Crippen LogP) is 1.55. The number of carbonyl (C=O) groups excluding carboxylic acids is 3. The van der Waals surface area contributed by atoms with E-state index in [2.05, 4.69) is 5.32 Å². The summed E-state index contributed by atoms with van der Waals surface area (Å²) in [5.41, 5.74) is 6.49.